The Kier molecular flexibility index (Phi) is 8.50. The van der Waals surface area contributed by atoms with Crippen molar-refractivity contribution in [1.29, 1.82) is 0 Å². The fourth-order valence-electron chi connectivity index (χ4n) is 5.33. The molecule has 3 heterocycles. The molecule has 1 fully saturated rings. The van der Waals surface area contributed by atoms with Gasteiger partial charge in [0.15, 0.2) is 12.2 Å². The van der Waals surface area contributed by atoms with E-state index >= 15 is 0 Å². The molecule has 1 aliphatic heterocycles. The predicted octanol–water partition coefficient (Wildman–Crippen LogP) is 3.25. The van der Waals surface area contributed by atoms with Gasteiger partial charge in [-0.25, -0.2) is 15.0 Å². The Morgan fingerprint density at radius 3 is 2.95 bits per heavy atom. The lowest BCUT2D eigenvalue weighted by atomic mass is 9.94. The van der Waals surface area contributed by atoms with Crippen LogP contribution in [0.1, 0.15) is 65.0 Å². The molecule has 1 atom stereocenters. The van der Waals surface area contributed by atoms with E-state index in [1.807, 2.05) is 6.07 Å². The molecule has 1 saturated carbocycles. The summed E-state index contributed by atoms with van der Waals surface area (Å²) in [7, 11) is 0. The van der Waals surface area contributed by atoms with Gasteiger partial charge in [-0.1, -0.05) is 25.3 Å². The first-order valence-corrected chi connectivity index (χ1v) is 13.4. The molecule has 3 aromatic rings. The maximum atomic E-state index is 12.7. The summed E-state index contributed by atoms with van der Waals surface area (Å²) in [5.74, 6) is 1.89. The van der Waals surface area contributed by atoms with Crippen molar-refractivity contribution in [2.24, 2.45) is 0 Å². The minimum Gasteiger partial charge on any atom is -0.485 e. The van der Waals surface area contributed by atoms with Crippen molar-refractivity contribution in [3.63, 3.8) is 0 Å². The summed E-state index contributed by atoms with van der Waals surface area (Å²) in [5.41, 5.74) is 3.96. The molecule has 0 bridgehead atoms. The number of rotatable bonds is 10. The minimum atomic E-state index is -0.687. The van der Waals surface area contributed by atoms with E-state index in [1.54, 1.807) is 12.3 Å². The summed E-state index contributed by atoms with van der Waals surface area (Å²) in [6.07, 6.45) is 10.6. The quantitative estimate of drug-likeness (QED) is 0.369. The van der Waals surface area contributed by atoms with Crippen LogP contribution in [0.15, 0.2) is 41.5 Å². The Labute approximate surface area is 222 Å². The van der Waals surface area contributed by atoms with Crippen LogP contribution in [-0.4, -0.2) is 62.6 Å². The lowest BCUT2D eigenvalue weighted by Gasteiger charge is -2.31. The third-order valence-corrected chi connectivity index (χ3v) is 7.40. The van der Waals surface area contributed by atoms with Crippen LogP contribution in [-0.2, 0) is 19.6 Å². The molecule has 5 rings (SSSR count). The number of aliphatic hydroxyl groups is 1. The van der Waals surface area contributed by atoms with Crippen LogP contribution in [0.2, 0.25) is 0 Å². The first kappa shape index (κ1) is 26.1. The standard InChI is InChI=1S/C28H36N6O4/c1-19-24-9-10-34(14-20(24)7-8-26(19)37-16-23-13-29-18-38-23)15-22(35)12-30-28(36)25-11-27(32-17-31-25)33-21-5-3-2-4-6-21/h7-8,11,13,17-18,21-22,35H,2-6,9-10,12,14-16H2,1H3,(H,30,36)(H,31,32,33)/t22-/m0/s1. The number of hydrogen-bond donors (Lipinski definition) is 3. The molecule has 0 spiro atoms. The average Bonchev–Trinajstić information content (AvgIpc) is 3.46. The van der Waals surface area contributed by atoms with E-state index in [-0.39, 0.29) is 12.5 Å². The van der Waals surface area contributed by atoms with Crippen LogP contribution in [0.25, 0.3) is 0 Å². The highest BCUT2D eigenvalue weighted by Crippen LogP contribution is 2.30. The molecule has 0 radical (unpaired) electrons. The number of nitrogens with zero attached hydrogens (tertiary/aromatic N) is 4. The van der Waals surface area contributed by atoms with E-state index in [4.69, 9.17) is 9.15 Å². The zero-order chi connectivity index (χ0) is 26.3. The van der Waals surface area contributed by atoms with Gasteiger partial charge >= 0.3 is 0 Å². The first-order chi connectivity index (χ1) is 18.5. The SMILES string of the molecule is Cc1c(OCc2cnco2)ccc2c1CCN(C[C@@H](O)CNC(=O)c1cc(NC3CCCCC3)ncn1)C2. The molecule has 2 aliphatic rings. The largest absolute Gasteiger partial charge is 0.485 e. The van der Waals surface area contributed by atoms with E-state index in [0.717, 1.165) is 43.7 Å². The Morgan fingerprint density at radius 2 is 2.13 bits per heavy atom. The molecule has 38 heavy (non-hydrogen) atoms. The van der Waals surface area contributed by atoms with Crippen molar-refractivity contribution < 1.29 is 19.1 Å². The molecule has 1 amide bonds. The topological polar surface area (TPSA) is 126 Å². The van der Waals surface area contributed by atoms with Crippen LogP contribution in [0.4, 0.5) is 5.82 Å². The van der Waals surface area contributed by atoms with Gasteiger partial charge in [-0.2, -0.15) is 0 Å². The Hall–Kier alpha value is -3.50. The number of nitrogens with one attached hydrogen (secondary N) is 2. The number of hydrogen-bond acceptors (Lipinski definition) is 9. The summed E-state index contributed by atoms with van der Waals surface area (Å²) < 4.78 is 11.2. The zero-order valence-corrected chi connectivity index (χ0v) is 21.9. The van der Waals surface area contributed by atoms with Gasteiger partial charge in [0, 0.05) is 38.3 Å². The Balaban J connectivity index is 1.09. The van der Waals surface area contributed by atoms with Gasteiger partial charge in [-0.15, -0.1) is 0 Å². The van der Waals surface area contributed by atoms with Gasteiger partial charge in [0.2, 0.25) is 0 Å². The predicted molar refractivity (Wildman–Crippen MR) is 142 cm³/mol. The fraction of sp³-hybridized carbons (Fsp3) is 0.500. The lowest BCUT2D eigenvalue weighted by Crippen LogP contribution is -2.42. The van der Waals surface area contributed by atoms with Crippen LogP contribution >= 0.6 is 0 Å². The molecular formula is C28H36N6O4. The smallest absolute Gasteiger partial charge is 0.270 e. The van der Waals surface area contributed by atoms with Crippen molar-refractivity contribution in [3.8, 4) is 5.75 Å². The summed E-state index contributed by atoms with van der Waals surface area (Å²) in [4.78, 5) is 27.2. The van der Waals surface area contributed by atoms with E-state index < -0.39 is 6.10 Å². The molecule has 0 saturated heterocycles. The first-order valence-electron chi connectivity index (χ1n) is 13.4. The molecule has 2 aromatic heterocycles. The van der Waals surface area contributed by atoms with Crippen molar-refractivity contribution >= 4 is 11.7 Å². The average molecular weight is 521 g/mol. The molecule has 10 nitrogen and oxygen atoms in total. The number of carbonyl (C=O) groups excluding carboxylic acids is 1. The molecule has 10 heteroatoms. The molecule has 0 unspecified atom stereocenters. The van der Waals surface area contributed by atoms with Gasteiger partial charge in [-0.05, 0) is 48.9 Å². The van der Waals surface area contributed by atoms with Gasteiger partial charge in [-0.3, -0.25) is 9.69 Å². The maximum absolute atomic E-state index is 12.7. The van der Waals surface area contributed by atoms with E-state index in [1.165, 1.54) is 43.1 Å². The van der Waals surface area contributed by atoms with Crippen LogP contribution in [0.3, 0.4) is 0 Å². The Bertz CT molecular complexity index is 1210. The van der Waals surface area contributed by atoms with Gasteiger partial charge < -0.3 is 24.9 Å². The van der Waals surface area contributed by atoms with E-state index in [2.05, 4.69) is 43.5 Å². The summed E-state index contributed by atoms with van der Waals surface area (Å²) in [6, 6.07) is 6.16. The van der Waals surface area contributed by atoms with Crippen LogP contribution in [0, 0.1) is 6.92 Å². The van der Waals surface area contributed by atoms with Crippen molar-refractivity contribution in [3.05, 3.63) is 65.3 Å². The Morgan fingerprint density at radius 1 is 1.26 bits per heavy atom. The number of aromatic nitrogens is 3. The third kappa shape index (κ3) is 6.68. The van der Waals surface area contributed by atoms with Gasteiger partial charge in [0.25, 0.3) is 5.91 Å². The maximum Gasteiger partial charge on any atom is 0.270 e. The van der Waals surface area contributed by atoms with Crippen molar-refractivity contribution in [2.75, 3.05) is 25.0 Å². The van der Waals surface area contributed by atoms with E-state index in [9.17, 15) is 9.90 Å². The fourth-order valence-corrected chi connectivity index (χ4v) is 5.33. The normalized spacial score (nSPS) is 17.0. The lowest BCUT2D eigenvalue weighted by molar-refractivity contribution is 0.0837. The number of β-amino-alcohol motifs (C(OH)–C–C–N with tert-alkyl or cyclic N) is 1. The van der Waals surface area contributed by atoms with Crippen molar-refractivity contribution in [2.45, 2.75) is 70.7 Å². The van der Waals surface area contributed by atoms with Gasteiger partial charge in [0.1, 0.15) is 30.2 Å². The summed E-state index contributed by atoms with van der Waals surface area (Å²) >= 11 is 0. The number of ether oxygens (including phenoxy) is 1. The number of amides is 1. The molecular weight excluding hydrogens is 484 g/mol. The van der Waals surface area contributed by atoms with E-state index in [0.29, 0.717) is 36.5 Å². The highest BCUT2D eigenvalue weighted by Gasteiger charge is 2.22. The summed E-state index contributed by atoms with van der Waals surface area (Å²) in [5, 5.41) is 16.9. The minimum absolute atomic E-state index is 0.158. The zero-order valence-electron chi connectivity index (χ0n) is 21.9. The molecule has 1 aliphatic carbocycles. The number of fused-ring (bicyclic) bond motifs is 1. The van der Waals surface area contributed by atoms with Gasteiger partial charge in [0.05, 0.1) is 12.3 Å². The molecule has 202 valence electrons. The number of carbonyl (C=O) groups is 1. The number of anilines is 1. The second-order valence-electron chi connectivity index (χ2n) is 10.2. The van der Waals surface area contributed by atoms with Crippen molar-refractivity contribution in [1.82, 2.24) is 25.2 Å². The van der Waals surface area contributed by atoms with Crippen LogP contribution in [0.5, 0.6) is 5.75 Å². The number of benzene rings is 1. The number of aliphatic hydroxyl groups excluding tert-OH is 1. The second kappa shape index (κ2) is 12.4. The third-order valence-electron chi connectivity index (χ3n) is 7.40. The monoisotopic (exact) mass is 520 g/mol. The summed E-state index contributed by atoms with van der Waals surface area (Å²) in [6.45, 7) is 4.62. The number of oxazole rings is 1. The second-order valence-corrected chi connectivity index (χ2v) is 10.2. The van der Waals surface area contributed by atoms with Crippen LogP contribution < -0.4 is 15.4 Å². The molecule has 3 N–H and O–H groups in total. The highest BCUT2D eigenvalue weighted by atomic mass is 16.5. The highest BCUT2D eigenvalue weighted by molar-refractivity contribution is 5.92. The molecule has 1 aromatic carbocycles.